The molecular weight excluding hydrogens is 356 g/mol. The standard InChI is InChI=1S/C26H26N2O/c1-3-8-20(9-4-1)19-28-15-7-10-22(28)16-21-18-27-26-14-13-24(17-25(21)26)29-23-11-5-2-6-12-23/h1-6,8-9,11-14,17-18,22,27H,7,10,15-16,19H2/t22-/m0/s1. The number of aromatic nitrogens is 1. The van der Waals surface area contributed by atoms with Gasteiger partial charge in [0.25, 0.3) is 0 Å². The Morgan fingerprint density at radius 2 is 1.69 bits per heavy atom. The summed E-state index contributed by atoms with van der Waals surface area (Å²) in [7, 11) is 0. The van der Waals surface area contributed by atoms with Gasteiger partial charge in [0.2, 0.25) is 0 Å². The van der Waals surface area contributed by atoms with Crippen molar-refractivity contribution < 1.29 is 4.74 Å². The maximum absolute atomic E-state index is 6.06. The quantitative estimate of drug-likeness (QED) is 0.432. The molecule has 5 rings (SSSR count). The highest BCUT2D eigenvalue weighted by molar-refractivity contribution is 5.84. The van der Waals surface area contributed by atoms with Gasteiger partial charge < -0.3 is 9.72 Å². The number of rotatable bonds is 6. The van der Waals surface area contributed by atoms with E-state index in [1.165, 1.54) is 41.4 Å². The minimum Gasteiger partial charge on any atom is -0.457 e. The highest BCUT2D eigenvalue weighted by Gasteiger charge is 2.25. The van der Waals surface area contributed by atoms with Crippen LogP contribution in [0.5, 0.6) is 11.5 Å². The van der Waals surface area contributed by atoms with E-state index in [0.717, 1.165) is 24.5 Å². The summed E-state index contributed by atoms with van der Waals surface area (Å²) in [5.41, 5.74) is 3.95. The number of H-pyrrole nitrogens is 1. The summed E-state index contributed by atoms with van der Waals surface area (Å²) in [5.74, 6) is 1.76. The smallest absolute Gasteiger partial charge is 0.128 e. The maximum atomic E-state index is 6.06. The molecule has 1 aromatic heterocycles. The van der Waals surface area contributed by atoms with Crippen molar-refractivity contribution in [2.45, 2.75) is 31.8 Å². The van der Waals surface area contributed by atoms with Crippen molar-refractivity contribution in [2.75, 3.05) is 6.54 Å². The molecule has 1 aliphatic rings. The lowest BCUT2D eigenvalue weighted by Crippen LogP contribution is -2.30. The number of hydrogen-bond acceptors (Lipinski definition) is 2. The molecule has 3 heteroatoms. The summed E-state index contributed by atoms with van der Waals surface area (Å²) in [6.45, 7) is 2.22. The number of ether oxygens (including phenoxy) is 1. The summed E-state index contributed by atoms with van der Waals surface area (Å²) in [6, 6.07) is 27.7. The van der Waals surface area contributed by atoms with Gasteiger partial charge in [0.15, 0.2) is 0 Å². The van der Waals surface area contributed by atoms with Crippen LogP contribution < -0.4 is 4.74 Å². The molecule has 0 radical (unpaired) electrons. The number of fused-ring (bicyclic) bond motifs is 1. The van der Waals surface area contributed by atoms with E-state index in [2.05, 4.69) is 58.5 Å². The molecule has 0 amide bonds. The monoisotopic (exact) mass is 382 g/mol. The third kappa shape index (κ3) is 4.06. The molecule has 0 spiro atoms. The second kappa shape index (κ2) is 8.14. The van der Waals surface area contributed by atoms with Crippen LogP contribution in [0, 0.1) is 0 Å². The molecule has 4 aromatic rings. The summed E-state index contributed by atoms with van der Waals surface area (Å²) in [5, 5.41) is 1.27. The Kier molecular flexibility index (Phi) is 5.06. The topological polar surface area (TPSA) is 28.3 Å². The molecule has 3 aromatic carbocycles. The fourth-order valence-electron chi connectivity index (χ4n) is 4.42. The molecule has 1 fully saturated rings. The van der Waals surface area contributed by atoms with Crippen molar-refractivity contribution in [2.24, 2.45) is 0 Å². The molecular formula is C26H26N2O. The normalized spacial score (nSPS) is 17.0. The molecule has 0 saturated carbocycles. The molecule has 1 N–H and O–H groups in total. The number of benzene rings is 3. The van der Waals surface area contributed by atoms with Gasteiger partial charge in [-0.3, -0.25) is 4.90 Å². The number of nitrogens with one attached hydrogen (secondary N) is 1. The first kappa shape index (κ1) is 18.0. The van der Waals surface area contributed by atoms with Crippen LogP contribution in [0.4, 0.5) is 0 Å². The van der Waals surface area contributed by atoms with Gasteiger partial charge in [-0.2, -0.15) is 0 Å². The minimum atomic E-state index is 0.591. The molecule has 2 heterocycles. The van der Waals surface area contributed by atoms with Gasteiger partial charge in [-0.25, -0.2) is 0 Å². The second-order valence-electron chi connectivity index (χ2n) is 7.89. The van der Waals surface area contributed by atoms with E-state index in [0.29, 0.717) is 6.04 Å². The third-order valence-electron chi connectivity index (χ3n) is 5.90. The maximum Gasteiger partial charge on any atom is 0.128 e. The Bertz CT molecular complexity index is 1070. The average Bonchev–Trinajstić information content (AvgIpc) is 3.37. The fraction of sp³-hybridized carbons (Fsp3) is 0.231. The molecule has 0 unspecified atom stereocenters. The number of nitrogens with zero attached hydrogens (tertiary/aromatic N) is 1. The molecule has 1 atom stereocenters. The molecule has 146 valence electrons. The van der Waals surface area contributed by atoms with Crippen LogP contribution in [0.2, 0.25) is 0 Å². The number of hydrogen-bond donors (Lipinski definition) is 1. The SMILES string of the molecule is c1ccc(CN2CCC[C@H]2Cc2c[nH]c3ccc(Oc4ccccc4)cc23)cc1. The lowest BCUT2D eigenvalue weighted by molar-refractivity contribution is 0.244. The molecule has 0 aliphatic carbocycles. The Labute approximate surface area is 171 Å². The number of likely N-dealkylation sites (tertiary alicyclic amines) is 1. The Morgan fingerprint density at radius 1 is 0.897 bits per heavy atom. The predicted octanol–water partition coefficient (Wildman–Crippen LogP) is 6.17. The first-order valence-corrected chi connectivity index (χ1v) is 10.5. The number of aromatic amines is 1. The summed E-state index contributed by atoms with van der Waals surface area (Å²) in [4.78, 5) is 6.08. The predicted molar refractivity (Wildman–Crippen MR) is 118 cm³/mol. The highest BCUT2D eigenvalue weighted by atomic mass is 16.5. The van der Waals surface area contributed by atoms with Crippen molar-refractivity contribution >= 4 is 10.9 Å². The Balaban J connectivity index is 1.35. The second-order valence-corrected chi connectivity index (χ2v) is 7.89. The van der Waals surface area contributed by atoms with E-state index in [9.17, 15) is 0 Å². The molecule has 1 aliphatic heterocycles. The zero-order valence-electron chi connectivity index (χ0n) is 16.6. The lowest BCUT2D eigenvalue weighted by atomic mass is 10.0. The van der Waals surface area contributed by atoms with E-state index >= 15 is 0 Å². The van der Waals surface area contributed by atoms with Crippen LogP contribution in [0.1, 0.15) is 24.0 Å². The third-order valence-corrected chi connectivity index (χ3v) is 5.90. The summed E-state index contributed by atoms with van der Waals surface area (Å²) < 4.78 is 6.06. The van der Waals surface area contributed by atoms with Crippen molar-refractivity contribution in [1.82, 2.24) is 9.88 Å². The van der Waals surface area contributed by atoms with Gasteiger partial charge in [0.05, 0.1) is 0 Å². The summed E-state index contributed by atoms with van der Waals surface area (Å²) >= 11 is 0. The fourth-order valence-corrected chi connectivity index (χ4v) is 4.42. The number of para-hydroxylation sites is 1. The van der Waals surface area contributed by atoms with Crippen LogP contribution in [-0.2, 0) is 13.0 Å². The van der Waals surface area contributed by atoms with E-state index in [4.69, 9.17) is 4.74 Å². The van der Waals surface area contributed by atoms with E-state index in [-0.39, 0.29) is 0 Å². The average molecular weight is 383 g/mol. The zero-order valence-corrected chi connectivity index (χ0v) is 16.6. The van der Waals surface area contributed by atoms with Gasteiger partial charge in [0, 0.05) is 29.7 Å². The lowest BCUT2D eigenvalue weighted by Gasteiger charge is -2.24. The molecule has 0 bridgehead atoms. The van der Waals surface area contributed by atoms with Crippen molar-refractivity contribution in [3.8, 4) is 11.5 Å². The molecule has 1 saturated heterocycles. The van der Waals surface area contributed by atoms with Crippen LogP contribution in [0.15, 0.2) is 85.1 Å². The van der Waals surface area contributed by atoms with Crippen LogP contribution in [0.3, 0.4) is 0 Å². The van der Waals surface area contributed by atoms with Crippen LogP contribution in [0.25, 0.3) is 10.9 Å². The van der Waals surface area contributed by atoms with Gasteiger partial charge in [-0.1, -0.05) is 48.5 Å². The van der Waals surface area contributed by atoms with E-state index in [1.807, 2.05) is 36.4 Å². The van der Waals surface area contributed by atoms with E-state index < -0.39 is 0 Å². The van der Waals surface area contributed by atoms with Gasteiger partial charge in [0.1, 0.15) is 11.5 Å². The molecule has 29 heavy (non-hydrogen) atoms. The largest absolute Gasteiger partial charge is 0.457 e. The molecule has 3 nitrogen and oxygen atoms in total. The van der Waals surface area contributed by atoms with Gasteiger partial charge >= 0.3 is 0 Å². The van der Waals surface area contributed by atoms with Crippen LogP contribution >= 0.6 is 0 Å². The first-order valence-electron chi connectivity index (χ1n) is 10.5. The van der Waals surface area contributed by atoms with E-state index in [1.54, 1.807) is 0 Å². The Morgan fingerprint density at radius 3 is 2.52 bits per heavy atom. The zero-order chi connectivity index (χ0) is 19.5. The minimum absolute atomic E-state index is 0.591. The van der Waals surface area contributed by atoms with Crippen molar-refractivity contribution in [1.29, 1.82) is 0 Å². The van der Waals surface area contributed by atoms with Crippen molar-refractivity contribution in [3.05, 3.63) is 96.2 Å². The summed E-state index contributed by atoms with van der Waals surface area (Å²) in [6.07, 6.45) is 5.79. The van der Waals surface area contributed by atoms with Crippen LogP contribution in [-0.4, -0.2) is 22.5 Å². The van der Waals surface area contributed by atoms with Crippen molar-refractivity contribution in [3.63, 3.8) is 0 Å². The highest BCUT2D eigenvalue weighted by Crippen LogP contribution is 2.30. The van der Waals surface area contributed by atoms with Gasteiger partial charge in [-0.05, 0) is 67.3 Å². The Hall–Kier alpha value is -3.04. The van der Waals surface area contributed by atoms with Gasteiger partial charge in [-0.15, -0.1) is 0 Å². The first-order chi connectivity index (χ1) is 14.3.